The monoisotopic (exact) mass is 532 g/mol. The van der Waals surface area contributed by atoms with Crippen molar-refractivity contribution in [2.45, 2.75) is 11.8 Å². The van der Waals surface area contributed by atoms with E-state index in [1.54, 1.807) is 24.3 Å². The van der Waals surface area contributed by atoms with E-state index in [-0.39, 0.29) is 32.5 Å². The van der Waals surface area contributed by atoms with Crippen molar-refractivity contribution in [1.29, 1.82) is 0 Å². The molecule has 0 radical (unpaired) electrons. The Hall–Kier alpha value is -5.17. The number of nitrogens with one attached hydrogen (secondary N) is 1. The van der Waals surface area contributed by atoms with Crippen molar-refractivity contribution < 1.29 is 27.9 Å². The van der Waals surface area contributed by atoms with E-state index in [0.717, 1.165) is 29.8 Å². The lowest BCUT2D eigenvalue weighted by Crippen LogP contribution is -2.40. The average molecular weight is 532 g/mol. The lowest BCUT2D eigenvalue weighted by molar-refractivity contribution is -0.385. The highest BCUT2D eigenvalue weighted by molar-refractivity contribution is 7.92. The molecule has 0 atom stereocenters. The first-order valence-corrected chi connectivity index (χ1v) is 12.4. The van der Waals surface area contributed by atoms with Gasteiger partial charge in [-0.2, -0.15) is 0 Å². The van der Waals surface area contributed by atoms with E-state index in [0.29, 0.717) is 10.6 Å². The van der Waals surface area contributed by atoms with E-state index in [4.69, 9.17) is 0 Å². The minimum atomic E-state index is -4.00. The van der Waals surface area contributed by atoms with Crippen LogP contribution in [0.25, 0.3) is 10.8 Å². The number of aryl methyl sites for hydroxylation is 1. The van der Waals surface area contributed by atoms with E-state index in [2.05, 4.69) is 4.72 Å². The van der Waals surface area contributed by atoms with Crippen molar-refractivity contribution in [3.05, 3.63) is 110 Å². The van der Waals surface area contributed by atoms with Crippen LogP contribution >= 0.6 is 0 Å². The van der Waals surface area contributed by atoms with Crippen molar-refractivity contribution in [3.8, 4) is 0 Å². The Morgan fingerprint density at radius 2 is 1.26 bits per heavy atom. The molecule has 2 amide bonds. The highest BCUT2D eigenvalue weighted by atomic mass is 32.2. The second-order valence-corrected chi connectivity index (χ2v) is 10.2. The summed E-state index contributed by atoms with van der Waals surface area (Å²) in [5.41, 5.74) is -0.0653. The number of nitrogens with zero attached hydrogens (tertiary/aromatic N) is 3. The predicted molar refractivity (Wildman–Crippen MR) is 137 cm³/mol. The first-order valence-electron chi connectivity index (χ1n) is 11.0. The summed E-state index contributed by atoms with van der Waals surface area (Å²) < 4.78 is 28.1. The third-order valence-electron chi connectivity index (χ3n) is 6.02. The van der Waals surface area contributed by atoms with Gasteiger partial charge in [0.1, 0.15) is 0 Å². The van der Waals surface area contributed by atoms with Gasteiger partial charge in [0.15, 0.2) is 0 Å². The van der Waals surface area contributed by atoms with Crippen LogP contribution in [0.3, 0.4) is 0 Å². The van der Waals surface area contributed by atoms with Gasteiger partial charge in [-0.05, 0) is 48.7 Å². The van der Waals surface area contributed by atoms with Gasteiger partial charge in [0, 0.05) is 35.3 Å². The highest BCUT2D eigenvalue weighted by Gasteiger charge is 2.37. The second kappa shape index (κ2) is 8.74. The van der Waals surface area contributed by atoms with E-state index >= 15 is 0 Å². The Morgan fingerprint density at radius 3 is 1.74 bits per heavy atom. The number of non-ortho nitro benzene ring substituents is 2. The van der Waals surface area contributed by atoms with Crippen molar-refractivity contribution in [2.75, 3.05) is 9.62 Å². The summed E-state index contributed by atoms with van der Waals surface area (Å²) in [6.45, 7) is 1.86. The molecule has 1 aliphatic rings. The number of nitro groups is 2. The summed E-state index contributed by atoms with van der Waals surface area (Å²) in [5.74, 6) is -1.78. The number of carbonyl (C=O) groups is 2. The molecule has 0 aromatic heterocycles. The lowest BCUT2D eigenvalue weighted by Gasteiger charge is -2.27. The topological polar surface area (TPSA) is 170 Å². The molecule has 1 aliphatic heterocycles. The molecule has 190 valence electrons. The average Bonchev–Trinajstić information content (AvgIpc) is 2.88. The number of anilines is 2. The summed E-state index contributed by atoms with van der Waals surface area (Å²) in [4.78, 5) is 48.7. The summed E-state index contributed by atoms with van der Waals surface area (Å²) >= 11 is 0. The summed E-state index contributed by atoms with van der Waals surface area (Å²) in [7, 11) is -4.00. The molecule has 12 nitrogen and oxygen atoms in total. The normalized spacial score (nSPS) is 13.0. The van der Waals surface area contributed by atoms with E-state index in [1.165, 1.54) is 24.3 Å². The zero-order chi connectivity index (χ0) is 27.4. The van der Waals surface area contributed by atoms with Crippen LogP contribution in [0.15, 0.2) is 77.7 Å². The zero-order valence-corrected chi connectivity index (χ0v) is 20.3. The summed E-state index contributed by atoms with van der Waals surface area (Å²) in [6.07, 6.45) is 0. The number of hydrogen-bond donors (Lipinski definition) is 1. The fourth-order valence-electron chi connectivity index (χ4n) is 4.21. The number of sulfonamides is 1. The number of nitro benzene ring substituents is 2. The van der Waals surface area contributed by atoms with Crippen molar-refractivity contribution >= 4 is 55.4 Å². The van der Waals surface area contributed by atoms with Gasteiger partial charge in [0.2, 0.25) is 0 Å². The van der Waals surface area contributed by atoms with Gasteiger partial charge in [0.25, 0.3) is 33.2 Å². The summed E-state index contributed by atoms with van der Waals surface area (Å²) in [6, 6.07) is 15.7. The number of benzene rings is 4. The molecule has 4 aromatic carbocycles. The molecule has 13 heteroatoms. The molecule has 5 rings (SSSR count). The minimum Gasteiger partial charge on any atom is -0.280 e. The standard InChI is InChI=1S/C25H16N4O8S/c1-14-2-4-16(5-3-14)26-38(36,37)20-8-6-17(7-9-20)27-24(30)21-12-18(28(32)33)10-15-11-19(29(34)35)13-22(23(15)21)25(27)31/h2-13,26H,1H3. The Labute approximate surface area is 214 Å². The number of hydrogen-bond acceptors (Lipinski definition) is 8. The SMILES string of the molecule is Cc1ccc(NS(=O)(=O)c2ccc(N3C(=O)c4cc([N+](=O)[O-])cc5cc([N+](=O)[O-])cc(c45)C3=O)cc2)cc1. The molecule has 0 unspecified atom stereocenters. The van der Waals surface area contributed by atoms with E-state index in [9.17, 15) is 38.2 Å². The molecule has 1 N–H and O–H groups in total. The first-order chi connectivity index (χ1) is 18.0. The molecule has 0 bridgehead atoms. The van der Waals surface area contributed by atoms with Gasteiger partial charge in [-0.25, -0.2) is 13.3 Å². The van der Waals surface area contributed by atoms with Gasteiger partial charge >= 0.3 is 0 Å². The fourth-order valence-corrected chi connectivity index (χ4v) is 5.27. The molecular weight excluding hydrogens is 516 g/mol. The lowest BCUT2D eigenvalue weighted by atomic mass is 9.92. The largest absolute Gasteiger partial charge is 0.280 e. The number of imide groups is 1. The van der Waals surface area contributed by atoms with Gasteiger partial charge in [-0.1, -0.05) is 17.7 Å². The van der Waals surface area contributed by atoms with Crippen molar-refractivity contribution in [3.63, 3.8) is 0 Å². The van der Waals surface area contributed by atoms with Crippen LogP contribution in [-0.2, 0) is 10.0 Å². The highest BCUT2D eigenvalue weighted by Crippen LogP contribution is 2.38. The third-order valence-corrected chi connectivity index (χ3v) is 7.41. The Kier molecular flexibility index (Phi) is 5.64. The second-order valence-electron chi connectivity index (χ2n) is 8.51. The molecule has 0 aliphatic carbocycles. The van der Waals surface area contributed by atoms with Crippen LogP contribution in [0.5, 0.6) is 0 Å². The molecule has 0 spiro atoms. The van der Waals surface area contributed by atoms with Gasteiger partial charge in [-0.3, -0.25) is 34.5 Å². The summed E-state index contributed by atoms with van der Waals surface area (Å²) in [5, 5.41) is 23.0. The van der Waals surface area contributed by atoms with Crippen LogP contribution < -0.4 is 9.62 Å². The Bertz CT molecular complexity index is 1730. The maximum Gasteiger partial charge on any atom is 0.270 e. The fraction of sp³-hybridized carbons (Fsp3) is 0.0400. The van der Waals surface area contributed by atoms with Crippen molar-refractivity contribution in [2.24, 2.45) is 0 Å². The number of amides is 2. The third kappa shape index (κ3) is 4.10. The van der Waals surface area contributed by atoms with Crippen LogP contribution in [-0.4, -0.2) is 30.1 Å². The van der Waals surface area contributed by atoms with Crippen LogP contribution in [0.2, 0.25) is 0 Å². The molecule has 0 saturated heterocycles. The molecule has 0 saturated carbocycles. The number of rotatable bonds is 6. The van der Waals surface area contributed by atoms with Gasteiger partial charge in [-0.15, -0.1) is 0 Å². The molecule has 38 heavy (non-hydrogen) atoms. The smallest absolute Gasteiger partial charge is 0.270 e. The van der Waals surface area contributed by atoms with Crippen molar-refractivity contribution in [1.82, 2.24) is 0 Å². The first kappa shape index (κ1) is 24.5. The maximum absolute atomic E-state index is 13.4. The van der Waals surface area contributed by atoms with Crippen LogP contribution in [0.4, 0.5) is 22.7 Å². The minimum absolute atomic E-state index is 0.00312. The quantitative estimate of drug-likeness (QED) is 0.214. The Balaban J connectivity index is 1.57. The molecule has 1 heterocycles. The molecule has 4 aromatic rings. The predicted octanol–water partition coefficient (Wildman–Crippen LogP) is 4.57. The van der Waals surface area contributed by atoms with Crippen LogP contribution in [0, 0.1) is 27.2 Å². The molecule has 0 fully saturated rings. The maximum atomic E-state index is 13.4. The van der Waals surface area contributed by atoms with E-state index in [1.807, 2.05) is 6.92 Å². The number of carbonyl (C=O) groups excluding carboxylic acids is 2. The Morgan fingerprint density at radius 1 is 0.763 bits per heavy atom. The van der Waals surface area contributed by atoms with Gasteiger partial charge in [0.05, 0.1) is 31.6 Å². The zero-order valence-electron chi connectivity index (χ0n) is 19.4. The molecular formula is C25H16N4O8S. The van der Waals surface area contributed by atoms with E-state index < -0.39 is 43.1 Å². The van der Waals surface area contributed by atoms with Gasteiger partial charge < -0.3 is 0 Å². The van der Waals surface area contributed by atoms with Crippen LogP contribution in [0.1, 0.15) is 26.3 Å².